The highest BCUT2D eigenvalue weighted by molar-refractivity contribution is 6.32. The number of esters is 1. The third-order valence-electron chi connectivity index (χ3n) is 4.13. The van der Waals surface area contributed by atoms with Gasteiger partial charge >= 0.3 is 5.97 Å². The Balaban J connectivity index is 1.69. The lowest BCUT2D eigenvalue weighted by molar-refractivity contribution is -0.146. The van der Waals surface area contributed by atoms with Gasteiger partial charge in [-0.15, -0.1) is 5.10 Å². The third kappa shape index (κ3) is 3.26. The van der Waals surface area contributed by atoms with Gasteiger partial charge in [0.05, 0.1) is 29.9 Å². The van der Waals surface area contributed by atoms with Crippen LogP contribution in [0.2, 0.25) is 5.02 Å². The van der Waals surface area contributed by atoms with Crippen molar-refractivity contribution in [1.29, 1.82) is 0 Å². The van der Waals surface area contributed by atoms with Gasteiger partial charge in [-0.1, -0.05) is 28.9 Å². The standard InChI is InChI=1S/C16H17ClN4O3/c1-24-16(23)11-6-8-20(9-7-11)15(22)13-10-21(19-18-13)14-5-3-2-4-12(14)17/h2-5,10-11H,6-9H2,1H3. The molecule has 0 bridgehead atoms. The molecule has 1 aromatic heterocycles. The van der Waals surface area contributed by atoms with E-state index in [1.807, 2.05) is 12.1 Å². The fraction of sp³-hybridized carbons (Fsp3) is 0.375. The van der Waals surface area contributed by atoms with Crippen LogP contribution in [0.1, 0.15) is 23.3 Å². The van der Waals surface area contributed by atoms with Crippen molar-refractivity contribution in [3.05, 3.63) is 41.2 Å². The molecule has 0 aliphatic carbocycles. The summed E-state index contributed by atoms with van der Waals surface area (Å²) in [6.07, 6.45) is 2.75. The van der Waals surface area contributed by atoms with E-state index in [0.717, 1.165) is 0 Å². The van der Waals surface area contributed by atoms with Gasteiger partial charge in [-0.3, -0.25) is 9.59 Å². The number of carbonyl (C=O) groups is 2. The maximum Gasteiger partial charge on any atom is 0.308 e. The average Bonchev–Trinajstić information content (AvgIpc) is 3.11. The van der Waals surface area contributed by atoms with E-state index in [2.05, 4.69) is 10.3 Å². The van der Waals surface area contributed by atoms with Gasteiger partial charge in [-0.2, -0.15) is 0 Å². The van der Waals surface area contributed by atoms with E-state index in [1.54, 1.807) is 23.2 Å². The number of hydrogen-bond donors (Lipinski definition) is 0. The van der Waals surface area contributed by atoms with Crippen LogP contribution in [0.25, 0.3) is 5.69 Å². The smallest absolute Gasteiger partial charge is 0.308 e. The third-order valence-corrected chi connectivity index (χ3v) is 4.45. The second-order valence-corrected chi connectivity index (χ2v) is 6.00. The first kappa shape index (κ1) is 16.4. The Morgan fingerprint density at radius 2 is 1.96 bits per heavy atom. The number of likely N-dealkylation sites (tertiary alicyclic amines) is 1. The van der Waals surface area contributed by atoms with E-state index in [0.29, 0.717) is 36.6 Å². The summed E-state index contributed by atoms with van der Waals surface area (Å²) < 4.78 is 6.24. The van der Waals surface area contributed by atoms with Gasteiger partial charge in [0.25, 0.3) is 5.91 Å². The molecule has 24 heavy (non-hydrogen) atoms. The number of methoxy groups -OCH3 is 1. The molecule has 0 saturated carbocycles. The van der Waals surface area contributed by atoms with Gasteiger partial charge in [-0.25, -0.2) is 4.68 Å². The molecule has 7 nitrogen and oxygen atoms in total. The summed E-state index contributed by atoms with van der Waals surface area (Å²) in [5.74, 6) is -0.554. The van der Waals surface area contributed by atoms with Crippen molar-refractivity contribution in [1.82, 2.24) is 19.9 Å². The van der Waals surface area contributed by atoms with Crippen LogP contribution in [-0.4, -0.2) is 52.0 Å². The van der Waals surface area contributed by atoms with Crippen LogP contribution in [-0.2, 0) is 9.53 Å². The zero-order chi connectivity index (χ0) is 17.1. The number of aromatic nitrogens is 3. The van der Waals surface area contributed by atoms with Crippen molar-refractivity contribution >= 4 is 23.5 Å². The van der Waals surface area contributed by atoms with Crippen molar-refractivity contribution < 1.29 is 14.3 Å². The van der Waals surface area contributed by atoms with Crippen LogP contribution in [0, 0.1) is 5.92 Å². The van der Waals surface area contributed by atoms with Crippen molar-refractivity contribution in [2.75, 3.05) is 20.2 Å². The number of ether oxygens (including phenoxy) is 1. The Morgan fingerprint density at radius 1 is 1.25 bits per heavy atom. The van der Waals surface area contributed by atoms with Crippen molar-refractivity contribution in [2.45, 2.75) is 12.8 Å². The number of rotatable bonds is 3. The summed E-state index contributed by atoms with van der Waals surface area (Å²) in [7, 11) is 1.38. The van der Waals surface area contributed by atoms with Crippen molar-refractivity contribution in [3.8, 4) is 5.69 Å². The molecule has 1 aromatic carbocycles. The minimum Gasteiger partial charge on any atom is -0.469 e. The Bertz CT molecular complexity index is 753. The minimum atomic E-state index is -0.216. The maximum atomic E-state index is 12.5. The number of amides is 1. The molecule has 1 amide bonds. The van der Waals surface area contributed by atoms with Crippen LogP contribution in [0.3, 0.4) is 0 Å². The lowest BCUT2D eigenvalue weighted by Gasteiger charge is -2.30. The minimum absolute atomic E-state index is 0.141. The van der Waals surface area contributed by atoms with Crippen LogP contribution in [0.5, 0.6) is 0 Å². The zero-order valence-corrected chi connectivity index (χ0v) is 13.9. The summed E-state index contributed by atoms with van der Waals surface area (Å²) >= 11 is 6.13. The monoisotopic (exact) mass is 348 g/mol. The lowest BCUT2D eigenvalue weighted by atomic mass is 9.97. The topological polar surface area (TPSA) is 77.3 Å². The van der Waals surface area contributed by atoms with Crippen molar-refractivity contribution in [3.63, 3.8) is 0 Å². The number of benzene rings is 1. The lowest BCUT2D eigenvalue weighted by Crippen LogP contribution is -2.40. The summed E-state index contributed by atoms with van der Waals surface area (Å²) in [6.45, 7) is 0.995. The zero-order valence-electron chi connectivity index (χ0n) is 13.2. The highest BCUT2D eigenvalue weighted by Crippen LogP contribution is 2.21. The summed E-state index contributed by atoms with van der Waals surface area (Å²) in [5.41, 5.74) is 0.918. The van der Waals surface area contributed by atoms with E-state index in [9.17, 15) is 9.59 Å². The first-order chi connectivity index (χ1) is 11.6. The number of halogens is 1. The van der Waals surface area contributed by atoms with Gasteiger partial charge in [0, 0.05) is 13.1 Å². The molecule has 0 N–H and O–H groups in total. The molecule has 8 heteroatoms. The van der Waals surface area contributed by atoms with Crippen LogP contribution in [0.4, 0.5) is 0 Å². The number of para-hydroxylation sites is 1. The molecular formula is C16H17ClN4O3. The predicted octanol–water partition coefficient (Wildman–Crippen LogP) is 1.95. The van der Waals surface area contributed by atoms with Crippen LogP contribution >= 0.6 is 11.6 Å². The number of carbonyl (C=O) groups excluding carboxylic acids is 2. The van der Waals surface area contributed by atoms with E-state index >= 15 is 0 Å². The molecule has 0 spiro atoms. The molecule has 0 radical (unpaired) electrons. The highest BCUT2D eigenvalue weighted by Gasteiger charge is 2.29. The van der Waals surface area contributed by atoms with Gasteiger partial charge in [0.2, 0.25) is 0 Å². The van der Waals surface area contributed by atoms with E-state index in [-0.39, 0.29) is 23.5 Å². The summed E-state index contributed by atoms with van der Waals surface area (Å²) in [6, 6.07) is 7.20. The molecule has 126 valence electrons. The van der Waals surface area contributed by atoms with Gasteiger partial charge in [-0.05, 0) is 25.0 Å². The first-order valence-corrected chi connectivity index (χ1v) is 8.02. The molecule has 2 aromatic rings. The molecule has 1 aliphatic rings. The predicted molar refractivity (Wildman–Crippen MR) is 87.0 cm³/mol. The molecule has 1 saturated heterocycles. The first-order valence-electron chi connectivity index (χ1n) is 7.64. The molecule has 0 unspecified atom stereocenters. The fourth-order valence-electron chi connectivity index (χ4n) is 2.76. The summed E-state index contributed by atoms with van der Waals surface area (Å²) in [4.78, 5) is 25.8. The summed E-state index contributed by atoms with van der Waals surface area (Å²) in [5, 5.41) is 8.46. The fourth-order valence-corrected chi connectivity index (χ4v) is 2.99. The van der Waals surface area contributed by atoms with Crippen molar-refractivity contribution in [2.24, 2.45) is 5.92 Å². The van der Waals surface area contributed by atoms with E-state index in [1.165, 1.54) is 11.8 Å². The molecule has 2 heterocycles. The number of piperidine rings is 1. The second-order valence-electron chi connectivity index (χ2n) is 5.59. The molecule has 0 atom stereocenters. The Kier molecular flexibility index (Phi) is 4.80. The van der Waals surface area contributed by atoms with Crippen LogP contribution < -0.4 is 0 Å². The van der Waals surface area contributed by atoms with E-state index < -0.39 is 0 Å². The quantitative estimate of drug-likeness (QED) is 0.792. The average molecular weight is 349 g/mol. The largest absolute Gasteiger partial charge is 0.469 e. The van der Waals surface area contributed by atoms with Gasteiger partial charge in [0.15, 0.2) is 5.69 Å². The SMILES string of the molecule is COC(=O)C1CCN(C(=O)c2cn(-c3ccccc3Cl)nn2)CC1. The Hall–Kier alpha value is -2.41. The van der Waals surface area contributed by atoms with Gasteiger partial charge < -0.3 is 9.64 Å². The number of nitrogens with zero attached hydrogens (tertiary/aromatic N) is 4. The Morgan fingerprint density at radius 3 is 2.62 bits per heavy atom. The number of hydrogen-bond acceptors (Lipinski definition) is 5. The van der Waals surface area contributed by atoms with Gasteiger partial charge in [0.1, 0.15) is 0 Å². The highest BCUT2D eigenvalue weighted by atomic mass is 35.5. The second kappa shape index (κ2) is 7.00. The van der Waals surface area contributed by atoms with E-state index in [4.69, 9.17) is 16.3 Å². The Labute approximate surface area is 144 Å². The molecule has 3 rings (SSSR count). The maximum absolute atomic E-state index is 12.5. The molecule has 1 fully saturated rings. The molecule has 1 aliphatic heterocycles. The van der Waals surface area contributed by atoms with Crippen LogP contribution in [0.15, 0.2) is 30.5 Å². The molecular weight excluding hydrogens is 332 g/mol. The normalized spacial score (nSPS) is 15.3.